The van der Waals surface area contributed by atoms with Crippen LogP contribution in [0, 0.1) is 0 Å². The third-order valence-corrected chi connectivity index (χ3v) is 4.93. The fraction of sp³-hybridized carbons (Fsp3) is 0.636. The molecule has 0 N–H and O–H groups in total. The number of hydrogen-bond donors (Lipinski definition) is 0. The number of aryl methyl sites for hydroxylation is 3. The van der Waals surface area contributed by atoms with Gasteiger partial charge in [-0.15, -0.1) is 5.10 Å². The molecular formula is C22H35N3. The lowest BCUT2D eigenvalue weighted by molar-refractivity contribution is 0.496. The molecule has 3 nitrogen and oxygen atoms in total. The minimum Gasteiger partial charge on any atom is -0.249 e. The van der Waals surface area contributed by atoms with Gasteiger partial charge < -0.3 is 0 Å². The summed E-state index contributed by atoms with van der Waals surface area (Å²) in [4.78, 5) is 0. The molecule has 0 radical (unpaired) electrons. The minimum atomic E-state index is 1.01. The van der Waals surface area contributed by atoms with Crippen molar-refractivity contribution in [2.24, 2.45) is 0 Å². The average molecular weight is 342 g/mol. The highest BCUT2D eigenvalue weighted by Gasteiger charge is 2.04. The van der Waals surface area contributed by atoms with Crippen LogP contribution in [0.25, 0.3) is 0 Å². The Kier molecular flexibility index (Phi) is 9.99. The molecule has 1 aromatic carbocycles. The molecular weight excluding hydrogens is 306 g/mol. The molecule has 0 spiro atoms. The molecule has 138 valence electrons. The van der Waals surface area contributed by atoms with Gasteiger partial charge in [0.2, 0.25) is 0 Å². The van der Waals surface area contributed by atoms with E-state index in [-0.39, 0.29) is 0 Å². The zero-order valence-electron chi connectivity index (χ0n) is 16.0. The highest BCUT2D eigenvalue weighted by atomic mass is 15.4. The van der Waals surface area contributed by atoms with Gasteiger partial charge in [0.05, 0.1) is 11.9 Å². The van der Waals surface area contributed by atoms with Crippen LogP contribution in [-0.4, -0.2) is 15.0 Å². The van der Waals surface area contributed by atoms with Crippen LogP contribution in [0.15, 0.2) is 36.5 Å². The third-order valence-electron chi connectivity index (χ3n) is 4.93. The predicted octanol–water partition coefficient (Wildman–Crippen LogP) is 5.98. The van der Waals surface area contributed by atoms with E-state index in [0.717, 1.165) is 19.4 Å². The Morgan fingerprint density at radius 2 is 1.40 bits per heavy atom. The number of nitrogens with zero attached hydrogens (tertiary/aromatic N) is 3. The summed E-state index contributed by atoms with van der Waals surface area (Å²) in [5, 5.41) is 8.38. The second-order valence-electron chi connectivity index (χ2n) is 7.12. The molecule has 0 fully saturated rings. The average Bonchev–Trinajstić information content (AvgIpc) is 3.10. The molecule has 25 heavy (non-hydrogen) atoms. The van der Waals surface area contributed by atoms with Gasteiger partial charge in [-0.25, -0.2) is 4.68 Å². The van der Waals surface area contributed by atoms with Crippen LogP contribution >= 0.6 is 0 Å². The van der Waals surface area contributed by atoms with Crippen molar-refractivity contribution in [1.82, 2.24) is 15.0 Å². The van der Waals surface area contributed by atoms with Crippen molar-refractivity contribution in [2.75, 3.05) is 0 Å². The number of rotatable bonds is 14. The fourth-order valence-corrected chi connectivity index (χ4v) is 3.33. The predicted molar refractivity (Wildman–Crippen MR) is 106 cm³/mol. The molecule has 0 bridgehead atoms. The molecule has 1 aromatic heterocycles. The highest BCUT2D eigenvalue weighted by Crippen LogP contribution is 2.12. The van der Waals surface area contributed by atoms with Crippen molar-refractivity contribution in [2.45, 2.75) is 90.5 Å². The van der Waals surface area contributed by atoms with Crippen LogP contribution in [0.2, 0.25) is 0 Å². The van der Waals surface area contributed by atoms with E-state index in [1.807, 2.05) is 6.20 Å². The van der Waals surface area contributed by atoms with Gasteiger partial charge in [-0.05, 0) is 24.8 Å². The topological polar surface area (TPSA) is 30.7 Å². The summed E-state index contributed by atoms with van der Waals surface area (Å²) in [6.07, 6.45) is 17.7. The van der Waals surface area contributed by atoms with E-state index in [9.17, 15) is 0 Å². The first kappa shape index (κ1) is 19.7. The van der Waals surface area contributed by atoms with Crippen molar-refractivity contribution in [3.05, 3.63) is 47.8 Å². The lowest BCUT2D eigenvalue weighted by Crippen LogP contribution is -2.06. The summed E-state index contributed by atoms with van der Waals surface area (Å²) in [7, 11) is 0. The van der Waals surface area contributed by atoms with E-state index < -0.39 is 0 Å². The van der Waals surface area contributed by atoms with Crippen molar-refractivity contribution in [3.8, 4) is 0 Å². The van der Waals surface area contributed by atoms with E-state index in [1.165, 1.54) is 75.5 Å². The van der Waals surface area contributed by atoms with Gasteiger partial charge >= 0.3 is 0 Å². The van der Waals surface area contributed by atoms with E-state index >= 15 is 0 Å². The zero-order chi connectivity index (χ0) is 17.6. The summed E-state index contributed by atoms with van der Waals surface area (Å²) in [6, 6.07) is 10.7. The molecule has 0 saturated carbocycles. The lowest BCUT2D eigenvalue weighted by Gasteiger charge is -2.07. The molecule has 2 aromatic rings. The number of hydrogen-bond acceptors (Lipinski definition) is 2. The maximum Gasteiger partial charge on any atom is 0.0725 e. The van der Waals surface area contributed by atoms with Gasteiger partial charge in [0.15, 0.2) is 0 Å². The third kappa shape index (κ3) is 8.33. The quantitative estimate of drug-likeness (QED) is 0.395. The van der Waals surface area contributed by atoms with Crippen LogP contribution in [-0.2, 0) is 19.4 Å². The minimum absolute atomic E-state index is 1.01. The van der Waals surface area contributed by atoms with Gasteiger partial charge in [0.25, 0.3) is 0 Å². The molecule has 3 heteroatoms. The number of benzene rings is 1. The number of unbranched alkanes of at least 4 members (excludes halogenated alkanes) is 9. The van der Waals surface area contributed by atoms with Gasteiger partial charge in [-0.3, -0.25) is 0 Å². The van der Waals surface area contributed by atoms with Crippen LogP contribution in [0.5, 0.6) is 0 Å². The standard InChI is InChI=1S/C22H35N3/c1-2-3-4-5-6-7-8-9-10-14-19-25-22(20-23-24-25)18-17-21-15-12-11-13-16-21/h11-13,15-16,20H,2-10,14,17-19H2,1H3. The van der Waals surface area contributed by atoms with Gasteiger partial charge in [-0.2, -0.15) is 0 Å². The monoisotopic (exact) mass is 341 g/mol. The first-order valence-corrected chi connectivity index (χ1v) is 10.3. The largest absolute Gasteiger partial charge is 0.249 e. The van der Waals surface area contributed by atoms with Crippen molar-refractivity contribution in [1.29, 1.82) is 0 Å². The molecule has 0 amide bonds. The molecule has 1 heterocycles. The van der Waals surface area contributed by atoms with Crippen molar-refractivity contribution >= 4 is 0 Å². The molecule has 0 aliphatic rings. The van der Waals surface area contributed by atoms with Crippen LogP contribution < -0.4 is 0 Å². The Morgan fingerprint density at radius 1 is 0.760 bits per heavy atom. The second kappa shape index (κ2) is 12.7. The Hall–Kier alpha value is -1.64. The van der Waals surface area contributed by atoms with E-state index in [1.54, 1.807) is 0 Å². The number of aromatic nitrogens is 3. The van der Waals surface area contributed by atoms with Crippen molar-refractivity contribution in [3.63, 3.8) is 0 Å². The summed E-state index contributed by atoms with van der Waals surface area (Å²) in [5.74, 6) is 0. The summed E-state index contributed by atoms with van der Waals surface area (Å²) < 4.78 is 2.10. The Morgan fingerprint density at radius 3 is 2.08 bits per heavy atom. The molecule has 0 aliphatic carbocycles. The molecule has 0 unspecified atom stereocenters. The molecule has 0 saturated heterocycles. The molecule has 0 atom stereocenters. The van der Waals surface area contributed by atoms with Crippen LogP contribution in [0.4, 0.5) is 0 Å². The Bertz CT molecular complexity index is 547. The maximum absolute atomic E-state index is 4.27. The molecule has 2 rings (SSSR count). The van der Waals surface area contributed by atoms with E-state index in [2.05, 4.69) is 52.2 Å². The maximum atomic E-state index is 4.27. The zero-order valence-corrected chi connectivity index (χ0v) is 16.0. The first-order chi connectivity index (χ1) is 12.4. The normalized spacial score (nSPS) is 11.1. The summed E-state index contributed by atoms with van der Waals surface area (Å²) >= 11 is 0. The first-order valence-electron chi connectivity index (χ1n) is 10.3. The summed E-state index contributed by atoms with van der Waals surface area (Å²) in [5.41, 5.74) is 2.65. The van der Waals surface area contributed by atoms with E-state index in [4.69, 9.17) is 0 Å². The van der Waals surface area contributed by atoms with Gasteiger partial charge in [-0.1, -0.05) is 100 Å². The SMILES string of the molecule is CCCCCCCCCCCCn1nncc1CCc1ccccc1. The highest BCUT2D eigenvalue weighted by molar-refractivity contribution is 5.16. The van der Waals surface area contributed by atoms with Crippen molar-refractivity contribution < 1.29 is 0 Å². The van der Waals surface area contributed by atoms with E-state index in [0.29, 0.717) is 0 Å². The molecule has 0 aliphatic heterocycles. The van der Waals surface area contributed by atoms with Gasteiger partial charge in [0.1, 0.15) is 0 Å². The lowest BCUT2D eigenvalue weighted by atomic mass is 10.1. The fourth-order valence-electron chi connectivity index (χ4n) is 3.33. The second-order valence-corrected chi connectivity index (χ2v) is 7.12. The van der Waals surface area contributed by atoms with Gasteiger partial charge in [0, 0.05) is 6.54 Å². The Labute approximate surface area is 153 Å². The smallest absolute Gasteiger partial charge is 0.0725 e. The summed E-state index contributed by atoms with van der Waals surface area (Å²) in [6.45, 7) is 3.29. The van der Waals surface area contributed by atoms with Crippen LogP contribution in [0.3, 0.4) is 0 Å². The Balaban J connectivity index is 1.54. The van der Waals surface area contributed by atoms with Crippen LogP contribution in [0.1, 0.15) is 82.4 Å².